The smallest absolute Gasteiger partial charge is 0.200 e. The molecule has 142 valence electrons. The summed E-state index contributed by atoms with van der Waals surface area (Å²) in [7, 11) is -2.12. The number of rotatable bonds is 2. The number of ether oxygens (including phenoxy) is 1. The Labute approximate surface area is 158 Å². The topological polar surface area (TPSA) is 35.5 Å². The van der Waals surface area contributed by atoms with Crippen LogP contribution in [-0.2, 0) is 14.0 Å². The molecule has 0 saturated carbocycles. The van der Waals surface area contributed by atoms with E-state index in [0.29, 0.717) is 6.42 Å². The number of Topliss-reactive ketones (excluding diaryl/α,β-unsaturated/α-hetero) is 1. The monoisotopic (exact) mass is 372 g/mol. The third-order valence-corrected chi connectivity index (χ3v) is 12.1. The number of allylic oxidation sites excluding steroid dienone is 1. The normalized spacial score (nSPS) is 39.2. The van der Waals surface area contributed by atoms with Crippen LogP contribution in [0.5, 0.6) is 0 Å². The number of ketones is 1. The highest BCUT2D eigenvalue weighted by atomic mass is 28.4. The van der Waals surface area contributed by atoms with Crippen molar-refractivity contribution in [1.82, 2.24) is 0 Å². The largest absolute Gasteiger partial charge is 0.403 e. The van der Waals surface area contributed by atoms with Crippen LogP contribution in [0.4, 0.5) is 0 Å². The highest BCUT2D eigenvalue weighted by Gasteiger charge is 2.68. The summed E-state index contributed by atoms with van der Waals surface area (Å²) in [5.74, 6) is 0.265. The van der Waals surface area contributed by atoms with Gasteiger partial charge in [0.2, 0.25) is 5.78 Å². The fraction of sp³-hybridized carbons (Fsp3) is 0.682. The summed E-state index contributed by atoms with van der Waals surface area (Å²) >= 11 is 0. The number of hydrogen-bond donors (Lipinski definition) is 0. The summed E-state index contributed by atoms with van der Waals surface area (Å²) in [6.07, 6.45) is 8.62. The van der Waals surface area contributed by atoms with Gasteiger partial charge in [-0.1, -0.05) is 44.1 Å². The molecule has 2 heterocycles. The lowest BCUT2D eigenvalue weighted by molar-refractivity contribution is -0.192. The van der Waals surface area contributed by atoms with Gasteiger partial charge in [-0.3, -0.25) is 4.79 Å². The molecule has 26 heavy (non-hydrogen) atoms. The Morgan fingerprint density at radius 2 is 1.92 bits per heavy atom. The molecule has 0 aromatic rings. The molecule has 1 saturated heterocycles. The Morgan fingerprint density at radius 1 is 1.23 bits per heavy atom. The summed E-state index contributed by atoms with van der Waals surface area (Å²) in [5, 5.41) is 0.0654. The molecule has 0 N–H and O–H groups in total. The average molecular weight is 373 g/mol. The summed E-state index contributed by atoms with van der Waals surface area (Å²) in [6.45, 7) is 15.7. The number of hydrogen-bond acceptors (Lipinski definition) is 3. The van der Waals surface area contributed by atoms with Crippen LogP contribution in [0.3, 0.4) is 0 Å². The van der Waals surface area contributed by atoms with Crippen molar-refractivity contribution in [3.8, 4) is 0 Å². The molecule has 4 aliphatic rings. The maximum atomic E-state index is 14.1. The first-order valence-corrected chi connectivity index (χ1v) is 12.8. The maximum Gasteiger partial charge on any atom is 0.200 e. The Bertz CT molecular complexity index is 767. The van der Waals surface area contributed by atoms with Gasteiger partial charge in [-0.15, -0.1) is 0 Å². The molecule has 0 unspecified atom stereocenters. The quantitative estimate of drug-likeness (QED) is 0.500. The van der Waals surface area contributed by atoms with Gasteiger partial charge < -0.3 is 9.16 Å². The fourth-order valence-electron chi connectivity index (χ4n) is 4.91. The Hall–Kier alpha value is -0.973. The predicted molar refractivity (Wildman–Crippen MR) is 107 cm³/mol. The molecule has 0 amide bonds. The summed E-state index contributed by atoms with van der Waals surface area (Å²) in [5.41, 5.74) is 2.26. The van der Waals surface area contributed by atoms with Crippen molar-refractivity contribution in [3.05, 3.63) is 34.9 Å². The average Bonchev–Trinajstić information content (AvgIpc) is 3.03. The lowest BCUT2D eigenvalue weighted by Gasteiger charge is -2.56. The van der Waals surface area contributed by atoms with Gasteiger partial charge in [-0.25, -0.2) is 0 Å². The molecule has 2 aliphatic heterocycles. The van der Waals surface area contributed by atoms with Crippen LogP contribution >= 0.6 is 0 Å². The molecule has 2 bridgehead atoms. The van der Waals surface area contributed by atoms with E-state index in [9.17, 15) is 4.79 Å². The van der Waals surface area contributed by atoms with Gasteiger partial charge in [0, 0.05) is 18.8 Å². The molecule has 2 aliphatic carbocycles. The number of carbonyl (C=O) groups excluding carboxylic acids is 1. The molecule has 4 atom stereocenters. The van der Waals surface area contributed by atoms with Crippen LogP contribution in [0.2, 0.25) is 18.1 Å². The SMILES string of the molecule is CC1=C(C)C[C@]2(O[Si](C)(C)C(C)(C)C)C(=O)[C@@]34CC=CC3=C[C@H](O4)[C@@H]2C1. The summed E-state index contributed by atoms with van der Waals surface area (Å²) in [4.78, 5) is 14.1. The van der Waals surface area contributed by atoms with Crippen molar-refractivity contribution in [2.24, 2.45) is 5.92 Å². The van der Waals surface area contributed by atoms with Crippen LogP contribution < -0.4 is 0 Å². The van der Waals surface area contributed by atoms with Crippen molar-refractivity contribution in [1.29, 1.82) is 0 Å². The zero-order valence-electron chi connectivity index (χ0n) is 17.2. The van der Waals surface area contributed by atoms with E-state index in [1.54, 1.807) is 0 Å². The third kappa shape index (κ3) is 2.21. The van der Waals surface area contributed by atoms with E-state index < -0.39 is 19.5 Å². The van der Waals surface area contributed by atoms with Crippen LogP contribution in [0.25, 0.3) is 0 Å². The van der Waals surface area contributed by atoms with Crippen LogP contribution in [0.15, 0.2) is 34.9 Å². The van der Waals surface area contributed by atoms with E-state index >= 15 is 0 Å². The summed E-state index contributed by atoms with van der Waals surface area (Å²) in [6, 6.07) is 0. The first kappa shape index (κ1) is 18.4. The number of fused-ring (bicyclic) bond motifs is 3. The van der Waals surface area contributed by atoms with Crippen molar-refractivity contribution in [3.63, 3.8) is 0 Å². The minimum absolute atomic E-state index is 0.0135. The molecule has 3 nitrogen and oxygen atoms in total. The van der Waals surface area contributed by atoms with E-state index in [1.807, 2.05) is 0 Å². The number of carbonyl (C=O) groups is 1. The van der Waals surface area contributed by atoms with E-state index in [-0.39, 0.29) is 22.8 Å². The predicted octanol–water partition coefficient (Wildman–Crippen LogP) is 5.10. The Kier molecular flexibility index (Phi) is 3.75. The molecule has 0 aromatic carbocycles. The standard InChI is InChI=1S/C22H32O3Si/c1-14-11-17-18-12-16-9-8-10-21(16,24-18)19(23)22(17,13-15(14)2)25-26(6,7)20(3,4)5/h8-9,12,17-18H,10-11,13H2,1-7H3/t17-,18-,21+,22+/m0/s1. The first-order valence-electron chi connectivity index (χ1n) is 9.90. The summed E-state index contributed by atoms with van der Waals surface area (Å²) < 4.78 is 13.5. The van der Waals surface area contributed by atoms with Crippen molar-refractivity contribution >= 4 is 14.1 Å². The van der Waals surface area contributed by atoms with Gasteiger partial charge in [0.1, 0.15) is 5.60 Å². The first-order chi connectivity index (χ1) is 11.9. The molecule has 0 aromatic heterocycles. The lowest BCUT2D eigenvalue weighted by atomic mass is 9.65. The molecule has 4 heteroatoms. The zero-order chi connectivity index (χ0) is 19.1. The second-order valence-corrected chi connectivity index (χ2v) is 15.0. The molecular formula is C22H32O3Si. The van der Waals surface area contributed by atoms with Gasteiger partial charge in [-0.2, -0.15) is 0 Å². The van der Waals surface area contributed by atoms with Gasteiger partial charge >= 0.3 is 0 Å². The van der Waals surface area contributed by atoms with Crippen LogP contribution in [0, 0.1) is 5.92 Å². The minimum Gasteiger partial charge on any atom is -0.403 e. The Balaban J connectivity index is 1.85. The van der Waals surface area contributed by atoms with Crippen molar-refractivity contribution in [2.45, 2.75) is 89.3 Å². The van der Waals surface area contributed by atoms with Gasteiger partial charge in [-0.05, 0) is 50.0 Å². The minimum atomic E-state index is -2.12. The van der Waals surface area contributed by atoms with Crippen molar-refractivity contribution in [2.75, 3.05) is 0 Å². The van der Waals surface area contributed by atoms with Crippen molar-refractivity contribution < 1.29 is 14.0 Å². The maximum absolute atomic E-state index is 14.1. The molecule has 0 radical (unpaired) electrons. The lowest BCUT2D eigenvalue weighted by Crippen LogP contribution is -2.68. The van der Waals surface area contributed by atoms with E-state index in [0.717, 1.165) is 18.4 Å². The fourth-order valence-corrected chi connectivity index (χ4v) is 6.45. The molecule has 4 rings (SSSR count). The third-order valence-electron chi connectivity index (χ3n) is 7.62. The second-order valence-electron chi connectivity index (χ2n) is 10.3. The Morgan fingerprint density at radius 3 is 2.58 bits per heavy atom. The highest BCUT2D eigenvalue weighted by molar-refractivity contribution is 6.74. The van der Waals surface area contributed by atoms with Crippen LogP contribution in [-0.4, -0.2) is 31.4 Å². The van der Waals surface area contributed by atoms with Crippen LogP contribution in [0.1, 0.15) is 53.9 Å². The second kappa shape index (κ2) is 5.30. The molecule has 1 spiro atoms. The van der Waals surface area contributed by atoms with Gasteiger partial charge in [0.05, 0.1) is 6.10 Å². The van der Waals surface area contributed by atoms with Gasteiger partial charge in [0.25, 0.3) is 0 Å². The van der Waals surface area contributed by atoms with Gasteiger partial charge in [0.15, 0.2) is 13.9 Å². The van der Waals surface area contributed by atoms with E-state index in [4.69, 9.17) is 9.16 Å². The molecule has 1 fully saturated rings. The molecular weight excluding hydrogens is 340 g/mol. The van der Waals surface area contributed by atoms with E-state index in [1.165, 1.54) is 11.1 Å². The van der Waals surface area contributed by atoms with E-state index in [2.05, 4.69) is 65.9 Å². The zero-order valence-corrected chi connectivity index (χ0v) is 18.2. The highest BCUT2D eigenvalue weighted by Crippen LogP contribution is 2.58.